The van der Waals surface area contributed by atoms with Crippen LogP contribution in [-0.4, -0.2) is 56.2 Å². The van der Waals surface area contributed by atoms with Gasteiger partial charge >= 0.3 is 5.97 Å². The molecule has 0 unspecified atom stereocenters. The highest BCUT2D eigenvalue weighted by Crippen LogP contribution is 2.29. The first kappa shape index (κ1) is 25.7. The molecule has 0 saturated carbocycles. The molecule has 1 saturated heterocycles. The summed E-state index contributed by atoms with van der Waals surface area (Å²) in [5.41, 5.74) is 3.14. The van der Waals surface area contributed by atoms with E-state index >= 15 is 0 Å². The zero-order valence-electron chi connectivity index (χ0n) is 20.3. The summed E-state index contributed by atoms with van der Waals surface area (Å²) in [6, 6.07) is 23.0. The first-order valence-corrected chi connectivity index (χ1v) is 12.8. The van der Waals surface area contributed by atoms with Crippen LogP contribution in [0.5, 0.6) is 5.75 Å². The Kier molecular flexibility index (Phi) is 8.97. The maximum absolute atomic E-state index is 12.8. The van der Waals surface area contributed by atoms with Crippen molar-refractivity contribution in [3.8, 4) is 5.75 Å². The Morgan fingerprint density at radius 2 is 1.67 bits per heavy atom. The van der Waals surface area contributed by atoms with Crippen molar-refractivity contribution in [2.75, 3.05) is 49.6 Å². The van der Waals surface area contributed by atoms with Gasteiger partial charge in [-0.1, -0.05) is 46.3 Å². The molecule has 0 aliphatic carbocycles. The van der Waals surface area contributed by atoms with Crippen LogP contribution < -0.4 is 15.0 Å². The fourth-order valence-electron chi connectivity index (χ4n) is 4.11. The summed E-state index contributed by atoms with van der Waals surface area (Å²) in [6.45, 7) is 6.23. The number of carbonyl (C=O) groups is 2. The van der Waals surface area contributed by atoms with E-state index in [4.69, 9.17) is 9.47 Å². The quantitative estimate of drug-likeness (QED) is 0.379. The number of carbonyl (C=O) groups excluding carboxylic acids is 2. The van der Waals surface area contributed by atoms with E-state index in [0.717, 1.165) is 42.9 Å². The van der Waals surface area contributed by atoms with Crippen molar-refractivity contribution < 1.29 is 19.1 Å². The number of amides is 1. The third kappa shape index (κ3) is 7.08. The molecule has 7 nitrogen and oxygen atoms in total. The molecule has 1 fully saturated rings. The molecule has 0 atom stereocenters. The van der Waals surface area contributed by atoms with Crippen LogP contribution in [0.15, 0.2) is 77.3 Å². The van der Waals surface area contributed by atoms with Gasteiger partial charge in [-0.2, -0.15) is 0 Å². The Hall–Kier alpha value is -3.36. The number of benzene rings is 3. The predicted octanol–water partition coefficient (Wildman–Crippen LogP) is 4.97. The van der Waals surface area contributed by atoms with Gasteiger partial charge in [0.05, 0.1) is 23.5 Å². The summed E-state index contributed by atoms with van der Waals surface area (Å²) in [4.78, 5) is 29.8. The normalized spacial score (nSPS) is 13.8. The monoisotopic (exact) mass is 551 g/mol. The van der Waals surface area contributed by atoms with E-state index in [1.165, 1.54) is 5.56 Å². The average molecular weight is 552 g/mol. The van der Waals surface area contributed by atoms with E-state index in [9.17, 15) is 9.59 Å². The zero-order valence-corrected chi connectivity index (χ0v) is 21.9. The van der Waals surface area contributed by atoms with E-state index in [0.29, 0.717) is 17.0 Å². The summed E-state index contributed by atoms with van der Waals surface area (Å²) in [6.07, 6.45) is 0. The van der Waals surface area contributed by atoms with Gasteiger partial charge in [-0.3, -0.25) is 9.69 Å². The highest BCUT2D eigenvalue weighted by molar-refractivity contribution is 9.10. The second kappa shape index (κ2) is 12.6. The van der Waals surface area contributed by atoms with Gasteiger partial charge in [0.1, 0.15) is 5.75 Å². The first-order chi connectivity index (χ1) is 17.5. The maximum Gasteiger partial charge on any atom is 0.338 e. The van der Waals surface area contributed by atoms with Crippen LogP contribution in [0.2, 0.25) is 0 Å². The fourth-order valence-corrected chi connectivity index (χ4v) is 4.37. The third-order valence-corrected chi connectivity index (χ3v) is 6.46. The van der Waals surface area contributed by atoms with E-state index < -0.39 is 5.97 Å². The van der Waals surface area contributed by atoms with Crippen molar-refractivity contribution in [3.05, 3.63) is 88.4 Å². The second-order valence-corrected chi connectivity index (χ2v) is 9.41. The number of anilines is 2. The molecular formula is C28H30BrN3O4. The number of nitrogens with zero attached hydrogens (tertiary/aromatic N) is 2. The Morgan fingerprint density at radius 1 is 0.944 bits per heavy atom. The molecule has 1 N–H and O–H groups in total. The van der Waals surface area contributed by atoms with Crippen molar-refractivity contribution in [1.82, 2.24) is 4.90 Å². The van der Waals surface area contributed by atoms with Crippen LogP contribution in [0.1, 0.15) is 22.8 Å². The SMILES string of the molecule is CCOC(=O)c1ccc(N2CCN(Cc3ccccc3)CC2)c(NC(=O)COc2ccc(Br)cc2)c1. The van der Waals surface area contributed by atoms with Crippen LogP contribution in [0.25, 0.3) is 0 Å². The molecule has 0 radical (unpaired) electrons. The fraction of sp³-hybridized carbons (Fsp3) is 0.286. The lowest BCUT2D eigenvalue weighted by molar-refractivity contribution is -0.118. The Labute approximate surface area is 220 Å². The topological polar surface area (TPSA) is 71.1 Å². The van der Waals surface area contributed by atoms with Gasteiger partial charge in [-0.25, -0.2) is 4.79 Å². The van der Waals surface area contributed by atoms with Crippen molar-refractivity contribution in [3.63, 3.8) is 0 Å². The Bertz CT molecular complexity index is 1160. The van der Waals surface area contributed by atoms with Crippen LogP contribution in [0, 0.1) is 0 Å². The largest absolute Gasteiger partial charge is 0.484 e. The van der Waals surface area contributed by atoms with E-state index in [-0.39, 0.29) is 19.1 Å². The zero-order chi connectivity index (χ0) is 25.3. The van der Waals surface area contributed by atoms with E-state index in [1.54, 1.807) is 31.2 Å². The van der Waals surface area contributed by atoms with Crippen molar-refractivity contribution in [1.29, 1.82) is 0 Å². The molecule has 4 rings (SSSR count). The second-order valence-electron chi connectivity index (χ2n) is 8.49. The first-order valence-electron chi connectivity index (χ1n) is 12.0. The summed E-state index contributed by atoms with van der Waals surface area (Å²) < 4.78 is 11.7. The smallest absolute Gasteiger partial charge is 0.338 e. The molecule has 1 aliphatic rings. The number of ether oxygens (including phenoxy) is 2. The van der Waals surface area contributed by atoms with Gasteiger partial charge in [0.15, 0.2) is 6.61 Å². The summed E-state index contributed by atoms with van der Waals surface area (Å²) in [5, 5.41) is 2.94. The highest BCUT2D eigenvalue weighted by Gasteiger charge is 2.22. The minimum Gasteiger partial charge on any atom is -0.484 e. The molecule has 1 heterocycles. The third-order valence-electron chi connectivity index (χ3n) is 5.93. The standard InChI is InChI=1S/C28H30BrN3O4/c1-2-35-28(34)22-8-13-26(32-16-14-31(15-17-32)19-21-6-4-3-5-7-21)25(18-22)30-27(33)20-36-24-11-9-23(29)10-12-24/h3-13,18H,2,14-17,19-20H2,1H3,(H,30,33). The molecule has 188 valence electrons. The predicted molar refractivity (Wildman–Crippen MR) is 145 cm³/mol. The number of esters is 1. The minimum absolute atomic E-state index is 0.143. The van der Waals surface area contributed by atoms with Gasteiger partial charge in [0, 0.05) is 37.2 Å². The minimum atomic E-state index is -0.418. The molecule has 1 amide bonds. The number of piperazine rings is 1. The number of hydrogen-bond acceptors (Lipinski definition) is 6. The van der Waals surface area contributed by atoms with Gasteiger partial charge in [0.25, 0.3) is 5.91 Å². The summed E-state index contributed by atoms with van der Waals surface area (Å²) in [7, 11) is 0. The summed E-state index contributed by atoms with van der Waals surface area (Å²) >= 11 is 3.38. The van der Waals surface area contributed by atoms with Crippen LogP contribution in [-0.2, 0) is 16.1 Å². The van der Waals surface area contributed by atoms with Gasteiger partial charge in [0.2, 0.25) is 0 Å². The lowest BCUT2D eigenvalue weighted by atomic mass is 10.1. The van der Waals surface area contributed by atoms with E-state index in [1.807, 2.05) is 24.3 Å². The molecule has 3 aromatic rings. The molecule has 0 spiro atoms. The maximum atomic E-state index is 12.8. The van der Waals surface area contributed by atoms with Gasteiger partial charge in [-0.15, -0.1) is 0 Å². The van der Waals surface area contributed by atoms with Crippen molar-refractivity contribution >= 4 is 39.2 Å². The van der Waals surface area contributed by atoms with E-state index in [2.05, 4.69) is 55.3 Å². The molecule has 0 aromatic heterocycles. The summed E-state index contributed by atoms with van der Waals surface area (Å²) in [5.74, 6) is -0.121. The number of hydrogen-bond donors (Lipinski definition) is 1. The lowest BCUT2D eigenvalue weighted by Crippen LogP contribution is -2.46. The molecule has 36 heavy (non-hydrogen) atoms. The number of rotatable bonds is 9. The van der Waals surface area contributed by atoms with Gasteiger partial charge < -0.3 is 19.7 Å². The Morgan fingerprint density at radius 3 is 2.36 bits per heavy atom. The molecular weight excluding hydrogens is 522 g/mol. The van der Waals surface area contributed by atoms with Crippen LogP contribution >= 0.6 is 15.9 Å². The molecule has 3 aromatic carbocycles. The average Bonchev–Trinajstić information content (AvgIpc) is 2.90. The number of nitrogens with one attached hydrogen (secondary N) is 1. The van der Waals surface area contributed by atoms with Crippen molar-refractivity contribution in [2.45, 2.75) is 13.5 Å². The molecule has 8 heteroatoms. The Balaban J connectivity index is 1.44. The number of halogens is 1. The lowest BCUT2D eigenvalue weighted by Gasteiger charge is -2.37. The van der Waals surface area contributed by atoms with Gasteiger partial charge in [-0.05, 0) is 55.0 Å². The molecule has 0 bridgehead atoms. The molecule has 1 aliphatic heterocycles. The van der Waals surface area contributed by atoms with Crippen LogP contribution in [0.3, 0.4) is 0 Å². The highest BCUT2D eigenvalue weighted by atomic mass is 79.9. The van der Waals surface area contributed by atoms with Crippen LogP contribution in [0.4, 0.5) is 11.4 Å². The van der Waals surface area contributed by atoms with Crippen molar-refractivity contribution in [2.24, 2.45) is 0 Å².